The summed E-state index contributed by atoms with van der Waals surface area (Å²) in [4.78, 5) is 24.2. The van der Waals surface area contributed by atoms with Crippen molar-refractivity contribution in [2.75, 3.05) is 33.2 Å². The summed E-state index contributed by atoms with van der Waals surface area (Å²) < 4.78 is 0. The number of carboxylic acids is 2. The van der Waals surface area contributed by atoms with Crippen LogP contribution < -0.4 is 0 Å². The van der Waals surface area contributed by atoms with Gasteiger partial charge in [0.1, 0.15) is 0 Å². The van der Waals surface area contributed by atoms with E-state index in [9.17, 15) is 9.59 Å². The Morgan fingerprint density at radius 3 is 2.00 bits per heavy atom. The van der Waals surface area contributed by atoms with Crippen molar-refractivity contribution in [1.29, 1.82) is 0 Å². The molecule has 2 aliphatic rings. The molecule has 0 saturated carbocycles. The van der Waals surface area contributed by atoms with Crippen LogP contribution in [0, 0.1) is 0 Å². The van der Waals surface area contributed by atoms with Crippen LogP contribution in [0.5, 0.6) is 0 Å². The highest BCUT2D eigenvalue weighted by atomic mass is 16.4. The molecule has 6 nitrogen and oxygen atoms in total. The van der Waals surface area contributed by atoms with Crippen molar-refractivity contribution in [2.45, 2.75) is 38.1 Å². The SMILES string of the molecule is CN1CCN(C(c2ccccc2)c2ccc3c(c2)CCCCC3)CC1.O=C(O)/C=C\C(=O)O. The number of carboxylic acid groups (broad SMARTS) is 2. The predicted octanol–water partition coefficient (Wildman–Crippen LogP) is 4.00. The first-order valence-corrected chi connectivity index (χ1v) is 11.7. The van der Waals surface area contributed by atoms with Gasteiger partial charge < -0.3 is 15.1 Å². The Kier molecular flexibility index (Phi) is 9.22. The first kappa shape index (κ1) is 24.7. The van der Waals surface area contributed by atoms with Crippen LogP contribution in [-0.4, -0.2) is 65.2 Å². The number of fused-ring (bicyclic) bond motifs is 1. The van der Waals surface area contributed by atoms with Crippen LogP contribution >= 0.6 is 0 Å². The summed E-state index contributed by atoms with van der Waals surface area (Å²) >= 11 is 0. The summed E-state index contributed by atoms with van der Waals surface area (Å²) in [6.45, 7) is 4.61. The maximum absolute atomic E-state index is 9.55. The van der Waals surface area contributed by atoms with E-state index in [1.54, 1.807) is 11.1 Å². The van der Waals surface area contributed by atoms with Crippen LogP contribution in [0.15, 0.2) is 60.7 Å². The van der Waals surface area contributed by atoms with E-state index in [-0.39, 0.29) is 0 Å². The molecule has 1 unspecified atom stereocenters. The molecule has 0 aromatic heterocycles. The van der Waals surface area contributed by atoms with Crippen molar-refractivity contribution < 1.29 is 19.8 Å². The maximum atomic E-state index is 9.55. The molecule has 0 spiro atoms. The van der Waals surface area contributed by atoms with Crippen molar-refractivity contribution in [3.05, 3.63) is 82.9 Å². The van der Waals surface area contributed by atoms with Crippen molar-refractivity contribution in [1.82, 2.24) is 9.80 Å². The number of hydrogen-bond acceptors (Lipinski definition) is 4. The molecular formula is C27H34N2O4. The third kappa shape index (κ3) is 7.55. The van der Waals surface area contributed by atoms with E-state index in [1.807, 2.05) is 0 Å². The average Bonchev–Trinajstić information content (AvgIpc) is 3.05. The Bertz CT molecular complexity index is 934. The molecular weight excluding hydrogens is 416 g/mol. The van der Waals surface area contributed by atoms with Gasteiger partial charge in [0, 0.05) is 38.3 Å². The Hall–Kier alpha value is -2.96. The van der Waals surface area contributed by atoms with E-state index in [2.05, 4.69) is 65.4 Å². The van der Waals surface area contributed by atoms with E-state index in [4.69, 9.17) is 10.2 Å². The fourth-order valence-corrected chi connectivity index (χ4v) is 4.57. The molecule has 2 aromatic rings. The number of rotatable bonds is 5. The lowest BCUT2D eigenvalue weighted by atomic mass is 9.92. The maximum Gasteiger partial charge on any atom is 0.328 e. The third-order valence-electron chi connectivity index (χ3n) is 6.33. The van der Waals surface area contributed by atoms with Crippen molar-refractivity contribution in [2.24, 2.45) is 0 Å². The Balaban J connectivity index is 0.000000331. The highest BCUT2D eigenvalue weighted by molar-refractivity contribution is 5.89. The number of aliphatic carboxylic acids is 2. The molecule has 1 saturated heterocycles. The molecule has 4 rings (SSSR count). The zero-order chi connectivity index (χ0) is 23.6. The minimum Gasteiger partial charge on any atom is -0.478 e. The second-order valence-electron chi connectivity index (χ2n) is 8.75. The molecule has 2 N–H and O–H groups in total. The van der Waals surface area contributed by atoms with Gasteiger partial charge in [-0.3, -0.25) is 4.90 Å². The highest BCUT2D eigenvalue weighted by Crippen LogP contribution is 2.32. The highest BCUT2D eigenvalue weighted by Gasteiger charge is 2.26. The van der Waals surface area contributed by atoms with E-state index in [1.165, 1.54) is 43.2 Å². The molecule has 1 aliphatic carbocycles. The van der Waals surface area contributed by atoms with Gasteiger partial charge in [0.15, 0.2) is 0 Å². The molecule has 0 radical (unpaired) electrons. The fraction of sp³-hybridized carbons (Fsp3) is 0.407. The first-order chi connectivity index (χ1) is 15.9. The summed E-state index contributed by atoms with van der Waals surface area (Å²) in [6, 6.07) is 18.8. The lowest BCUT2D eigenvalue weighted by Crippen LogP contribution is -2.46. The second kappa shape index (κ2) is 12.3. The standard InChI is InChI=1S/C23H30N2.C4H4O4/c1-24-14-16-25(17-15-24)23(20-9-5-3-6-10-20)22-13-12-19-8-4-2-7-11-21(19)18-22;5-3(6)1-2-4(7)8/h3,5-6,9-10,12-13,18,23H,2,4,7-8,11,14-17H2,1H3;1-2H,(H,5,6)(H,7,8)/b;2-1-. The third-order valence-corrected chi connectivity index (χ3v) is 6.33. The van der Waals surface area contributed by atoms with E-state index in [0.717, 1.165) is 26.2 Å². The number of nitrogens with zero attached hydrogens (tertiary/aromatic N) is 2. The lowest BCUT2D eigenvalue weighted by molar-refractivity contribution is -0.134. The van der Waals surface area contributed by atoms with Gasteiger partial charge in [0.2, 0.25) is 0 Å². The van der Waals surface area contributed by atoms with Gasteiger partial charge in [-0.2, -0.15) is 0 Å². The summed E-state index contributed by atoms with van der Waals surface area (Å²) in [5, 5.41) is 15.6. The topological polar surface area (TPSA) is 81.1 Å². The monoisotopic (exact) mass is 450 g/mol. The van der Waals surface area contributed by atoms with Crippen LogP contribution in [0.4, 0.5) is 0 Å². The van der Waals surface area contributed by atoms with Crippen molar-refractivity contribution in [3.8, 4) is 0 Å². The van der Waals surface area contributed by atoms with E-state index < -0.39 is 11.9 Å². The normalized spacial score (nSPS) is 18.0. The summed E-state index contributed by atoms with van der Waals surface area (Å²) in [5.74, 6) is -2.51. The number of aryl methyl sites for hydroxylation is 2. The molecule has 2 aromatic carbocycles. The van der Waals surface area contributed by atoms with Gasteiger partial charge in [-0.05, 0) is 55.0 Å². The number of likely N-dealkylation sites (N-methyl/N-ethyl adjacent to an activating group) is 1. The minimum atomic E-state index is -1.26. The zero-order valence-corrected chi connectivity index (χ0v) is 19.3. The molecule has 1 heterocycles. The number of hydrogen-bond donors (Lipinski definition) is 2. The molecule has 1 fully saturated rings. The van der Waals surface area contributed by atoms with Crippen LogP contribution in [0.2, 0.25) is 0 Å². The van der Waals surface area contributed by atoms with Crippen LogP contribution in [0.25, 0.3) is 0 Å². The van der Waals surface area contributed by atoms with Crippen LogP contribution in [0.1, 0.15) is 47.6 Å². The van der Waals surface area contributed by atoms with Gasteiger partial charge in [-0.1, -0.05) is 55.0 Å². The molecule has 6 heteroatoms. The molecule has 0 bridgehead atoms. The quantitative estimate of drug-likeness (QED) is 0.529. The van der Waals surface area contributed by atoms with E-state index >= 15 is 0 Å². The molecule has 176 valence electrons. The van der Waals surface area contributed by atoms with E-state index in [0.29, 0.717) is 18.2 Å². The summed E-state index contributed by atoms with van der Waals surface area (Å²) in [5.41, 5.74) is 6.11. The van der Waals surface area contributed by atoms with Gasteiger partial charge in [-0.15, -0.1) is 0 Å². The van der Waals surface area contributed by atoms with Crippen molar-refractivity contribution in [3.63, 3.8) is 0 Å². The second-order valence-corrected chi connectivity index (χ2v) is 8.75. The van der Waals surface area contributed by atoms with Crippen LogP contribution in [0.3, 0.4) is 0 Å². The van der Waals surface area contributed by atoms with Gasteiger partial charge in [-0.25, -0.2) is 9.59 Å². The first-order valence-electron chi connectivity index (χ1n) is 11.7. The summed E-state index contributed by atoms with van der Waals surface area (Å²) in [7, 11) is 2.23. The Morgan fingerprint density at radius 1 is 0.788 bits per heavy atom. The van der Waals surface area contributed by atoms with Gasteiger partial charge in [0.25, 0.3) is 0 Å². The largest absolute Gasteiger partial charge is 0.478 e. The average molecular weight is 451 g/mol. The number of piperazine rings is 1. The Labute approximate surface area is 196 Å². The molecule has 1 aliphatic heterocycles. The summed E-state index contributed by atoms with van der Waals surface area (Å²) in [6.07, 6.45) is 7.72. The lowest BCUT2D eigenvalue weighted by Gasteiger charge is -2.38. The van der Waals surface area contributed by atoms with Crippen LogP contribution in [-0.2, 0) is 22.4 Å². The predicted molar refractivity (Wildman–Crippen MR) is 129 cm³/mol. The zero-order valence-electron chi connectivity index (χ0n) is 19.3. The van der Waals surface area contributed by atoms with Crippen molar-refractivity contribution >= 4 is 11.9 Å². The molecule has 0 amide bonds. The molecule has 33 heavy (non-hydrogen) atoms. The fourth-order valence-electron chi connectivity index (χ4n) is 4.57. The van der Waals surface area contributed by atoms with Gasteiger partial charge >= 0.3 is 11.9 Å². The molecule has 1 atom stereocenters. The number of carbonyl (C=O) groups is 2. The number of benzene rings is 2. The smallest absolute Gasteiger partial charge is 0.328 e. The van der Waals surface area contributed by atoms with Gasteiger partial charge in [0.05, 0.1) is 6.04 Å². The Morgan fingerprint density at radius 2 is 1.39 bits per heavy atom. The minimum absolute atomic E-state index is 0.392.